The summed E-state index contributed by atoms with van der Waals surface area (Å²) in [6.45, 7) is 3.73. The van der Waals surface area contributed by atoms with Crippen LogP contribution in [-0.4, -0.2) is 37.2 Å². The molecule has 0 aliphatic rings. The second-order valence-electron chi connectivity index (χ2n) is 4.99. The van der Waals surface area contributed by atoms with Crippen molar-refractivity contribution in [1.82, 2.24) is 5.32 Å². The summed E-state index contributed by atoms with van der Waals surface area (Å²) < 4.78 is 10.3. The van der Waals surface area contributed by atoms with Crippen LogP contribution in [0, 0.1) is 5.92 Å². The zero-order chi connectivity index (χ0) is 16.0. The largest absolute Gasteiger partial charge is 0.493 e. The molecule has 1 unspecified atom stereocenters. The summed E-state index contributed by atoms with van der Waals surface area (Å²) in [5.41, 5.74) is 0.392. The lowest BCUT2D eigenvalue weighted by Gasteiger charge is -2.21. The molecule has 116 valence electrons. The molecule has 21 heavy (non-hydrogen) atoms. The van der Waals surface area contributed by atoms with E-state index in [9.17, 15) is 9.59 Å². The van der Waals surface area contributed by atoms with E-state index < -0.39 is 12.0 Å². The van der Waals surface area contributed by atoms with Crippen LogP contribution in [0.1, 0.15) is 30.6 Å². The van der Waals surface area contributed by atoms with Crippen molar-refractivity contribution in [2.24, 2.45) is 5.92 Å². The summed E-state index contributed by atoms with van der Waals surface area (Å²) in [7, 11) is 3.00. The Balaban J connectivity index is 2.89. The molecule has 1 aromatic carbocycles. The average molecular weight is 295 g/mol. The van der Waals surface area contributed by atoms with E-state index in [-0.39, 0.29) is 18.2 Å². The highest BCUT2D eigenvalue weighted by Gasteiger charge is 2.20. The number of methoxy groups -OCH3 is 2. The van der Waals surface area contributed by atoms with Gasteiger partial charge in [-0.3, -0.25) is 9.59 Å². The number of ether oxygens (including phenoxy) is 2. The Bertz CT molecular complexity index is 513. The molecule has 6 heteroatoms. The van der Waals surface area contributed by atoms with Crippen LogP contribution in [-0.2, 0) is 4.79 Å². The van der Waals surface area contributed by atoms with Crippen molar-refractivity contribution >= 4 is 11.9 Å². The lowest BCUT2D eigenvalue weighted by atomic mass is 10.0. The average Bonchev–Trinajstić information content (AvgIpc) is 2.45. The van der Waals surface area contributed by atoms with Crippen LogP contribution in [0.15, 0.2) is 18.2 Å². The summed E-state index contributed by atoms with van der Waals surface area (Å²) in [4.78, 5) is 23.0. The molecule has 0 aliphatic carbocycles. The topological polar surface area (TPSA) is 84.9 Å². The summed E-state index contributed by atoms with van der Waals surface area (Å²) in [5, 5.41) is 11.6. The molecule has 1 aromatic rings. The van der Waals surface area contributed by atoms with E-state index in [1.807, 2.05) is 13.8 Å². The highest BCUT2D eigenvalue weighted by atomic mass is 16.5. The minimum Gasteiger partial charge on any atom is -0.493 e. The van der Waals surface area contributed by atoms with Gasteiger partial charge in [-0.25, -0.2) is 0 Å². The summed E-state index contributed by atoms with van der Waals surface area (Å²) >= 11 is 0. The van der Waals surface area contributed by atoms with E-state index in [2.05, 4.69) is 5.32 Å². The Hall–Kier alpha value is -2.24. The molecule has 1 rings (SSSR count). The van der Waals surface area contributed by atoms with E-state index >= 15 is 0 Å². The standard InChI is InChI=1S/C15H21NO5/c1-9(2)11(8-14(17)18)16-15(19)10-5-6-12(20-3)13(7-10)21-4/h5-7,9,11H,8H2,1-4H3,(H,16,19)(H,17,18). The Labute approximate surface area is 124 Å². The Morgan fingerprint density at radius 2 is 1.81 bits per heavy atom. The molecule has 6 nitrogen and oxygen atoms in total. The fourth-order valence-electron chi connectivity index (χ4n) is 1.87. The van der Waals surface area contributed by atoms with Crippen molar-refractivity contribution < 1.29 is 24.2 Å². The van der Waals surface area contributed by atoms with Crippen LogP contribution in [0.2, 0.25) is 0 Å². The van der Waals surface area contributed by atoms with Crippen molar-refractivity contribution in [1.29, 1.82) is 0 Å². The van der Waals surface area contributed by atoms with E-state index in [0.717, 1.165) is 0 Å². The van der Waals surface area contributed by atoms with Crippen molar-refractivity contribution in [2.45, 2.75) is 26.3 Å². The lowest BCUT2D eigenvalue weighted by Crippen LogP contribution is -2.40. The van der Waals surface area contributed by atoms with Gasteiger partial charge in [0.1, 0.15) is 0 Å². The molecular weight excluding hydrogens is 274 g/mol. The van der Waals surface area contributed by atoms with Crippen LogP contribution in [0.3, 0.4) is 0 Å². The normalized spacial score (nSPS) is 11.9. The molecule has 0 saturated heterocycles. The molecule has 0 aliphatic heterocycles. The highest BCUT2D eigenvalue weighted by Crippen LogP contribution is 2.27. The van der Waals surface area contributed by atoms with Gasteiger partial charge in [-0.1, -0.05) is 13.8 Å². The Morgan fingerprint density at radius 3 is 2.29 bits per heavy atom. The Kier molecular flexibility index (Phi) is 6.02. The molecule has 2 N–H and O–H groups in total. The number of carbonyl (C=O) groups excluding carboxylic acids is 1. The van der Waals surface area contributed by atoms with Gasteiger partial charge in [0, 0.05) is 11.6 Å². The zero-order valence-electron chi connectivity index (χ0n) is 12.7. The summed E-state index contributed by atoms with van der Waals surface area (Å²) in [5.74, 6) is -0.285. The number of benzene rings is 1. The van der Waals surface area contributed by atoms with Gasteiger partial charge in [-0.15, -0.1) is 0 Å². The number of hydrogen-bond donors (Lipinski definition) is 2. The number of amides is 1. The second kappa shape index (κ2) is 7.52. The first-order valence-electron chi connectivity index (χ1n) is 6.63. The number of nitrogens with one attached hydrogen (secondary N) is 1. The van der Waals surface area contributed by atoms with Crippen molar-refractivity contribution in [2.75, 3.05) is 14.2 Å². The van der Waals surface area contributed by atoms with Gasteiger partial charge in [0.15, 0.2) is 11.5 Å². The van der Waals surface area contributed by atoms with Crippen LogP contribution < -0.4 is 14.8 Å². The molecule has 0 fully saturated rings. The summed E-state index contributed by atoms with van der Waals surface area (Å²) in [6.07, 6.45) is -0.114. The van der Waals surface area contributed by atoms with Gasteiger partial charge in [-0.2, -0.15) is 0 Å². The van der Waals surface area contributed by atoms with Crippen molar-refractivity contribution in [3.8, 4) is 11.5 Å². The minimum absolute atomic E-state index is 0.0187. The number of carboxylic acid groups (broad SMARTS) is 1. The quantitative estimate of drug-likeness (QED) is 0.803. The molecule has 1 amide bonds. The fraction of sp³-hybridized carbons (Fsp3) is 0.467. The van der Waals surface area contributed by atoms with Gasteiger partial charge < -0.3 is 19.9 Å². The molecule has 0 spiro atoms. The van der Waals surface area contributed by atoms with Gasteiger partial charge in [0.05, 0.1) is 20.6 Å². The van der Waals surface area contributed by atoms with Gasteiger partial charge in [0.25, 0.3) is 5.91 Å². The smallest absolute Gasteiger partial charge is 0.305 e. The monoisotopic (exact) mass is 295 g/mol. The third-order valence-electron chi connectivity index (χ3n) is 3.16. The number of rotatable bonds is 7. The van der Waals surface area contributed by atoms with Crippen LogP contribution in [0.4, 0.5) is 0 Å². The van der Waals surface area contributed by atoms with Crippen LogP contribution in [0.5, 0.6) is 11.5 Å². The van der Waals surface area contributed by atoms with Crippen LogP contribution >= 0.6 is 0 Å². The maximum absolute atomic E-state index is 12.2. The number of hydrogen-bond acceptors (Lipinski definition) is 4. The molecule has 0 heterocycles. The van der Waals surface area contributed by atoms with Crippen molar-refractivity contribution in [3.63, 3.8) is 0 Å². The van der Waals surface area contributed by atoms with E-state index in [1.54, 1.807) is 18.2 Å². The maximum Gasteiger partial charge on any atom is 0.305 e. The minimum atomic E-state index is -0.943. The van der Waals surface area contributed by atoms with Gasteiger partial charge >= 0.3 is 5.97 Å². The molecule has 0 bridgehead atoms. The number of carboxylic acids is 1. The summed E-state index contributed by atoms with van der Waals surface area (Å²) in [6, 6.07) is 4.37. The fourth-order valence-corrected chi connectivity index (χ4v) is 1.87. The predicted octanol–water partition coefficient (Wildman–Crippen LogP) is 1.93. The number of carbonyl (C=O) groups is 2. The molecule has 1 atom stereocenters. The predicted molar refractivity (Wildman–Crippen MR) is 77.9 cm³/mol. The van der Waals surface area contributed by atoms with Crippen LogP contribution in [0.25, 0.3) is 0 Å². The van der Waals surface area contributed by atoms with E-state index in [0.29, 0.717) is 17.1 Å². The number of aliphatic carboxylic acids is 1. The molecular formula is C15H21NO5. The highest BCUT2D eigenvalue weighted by molar-refractivity contribution is 5.95. The molecule has 0 radical (unpaired) electrons. The van der Waals surface area contributed by atoms with E-state index in [1.165, 1.54) is 14.2 Å². The van der Waals surface area contributed by atoms with E-state index in [4.69, 9.17) is 14.6 Å². The third kappa shape index (κ3) is 4.66. The van der Waals surface area contributed by atoms with Crippen molar-refractivity contribution in [3.05, 3.63) is 23.8 Å². The second-order valence-corrected chi connectivity index (χ2v) is 4.99. The SMILES string of the molecule is COc1ccc(C(=O)NC(CC(=O)O)C(C)C)cc1OC. The first-order valence-corrected chi connectivity index (χ1v) is 6.63. The maximum atomic E-state index is 12.2. The van der Waals surface area contributed by atoms with Gasteiger partial charge in [-0.05, 0) is 24.1 Å². The zero-order valence-corrected chi connectivity index (χ0v) is 12.7. The third-order valence-corrected chi connectivity index (χ3v) is 3.16. The van der Waals surface area contributed by atoms with Gasteiger partial charge in [0.2, 0.25) is 0 Å². The first kappa shape index (κ1) is 16.8. The Morgan fingerprint density at radius 1 is 1.19 bits per heavy atom. The lowest BCUT2D eigenvalue weighted by molar-refractivity contribution is -0.137. The first-order chi connectivity index (χ1) is 9.88. The molecule has 0 aromatic heterocycles. The molecule has 0 saturated carbocycles.